The average molecular weight is 263 g/mol. The largest absolute Gasteiger partial charge is 0.337 e. The van der Waals surface area contributed by atoms with Crippen LogP contribution in [0.1, 0.15) is 51.0 Å². The number of rotatable bonds is 6. The molecule has 3 heteroatoms. The zero-order valence-electron chi connectivity index (χ0n) is 11.9. The molecule has 0 unspecified atom stereocenters. The summed E-state index contributed by atoms with van der Waals surface area (Å²) in [5.74, 6) is 0.793. The molecule has 0 spiro atoms. The van der Waals surface area contributed by atoms with Crippen molar-refractivity contribution in [3.05, 3.63) is 29.8 Å². The molecule has 0 amide bonds. The Labute approximate surface area is 116 Å². The first-order valence-electron chi connectivity index (χ1n) is 7.37. The van der Waals surface area contributed by atoms with Gasteiger partial charge < -0.3 is 10.6 Å². The lowest BCUT2D eigenvalue weighted by Gasteiger charge is -2.31. The second-order valence-electron chi connectivity index (χ2n) is 5.72. The van der Waals surface area contributed by atoms with Gasteiger partial charge in [-0.1, -0.05) is 31.4 Å². The van der Waals surface area contributed by atoms with E-state index >= 15 is 0 Å². The maximum Gasteiger partial charge on any atom is 0.165 e. The lowest BCUT2D eigenvalue weighted by molar-refractivity contribution is -0.294. The molecule has 2 rings (SSSR count). The van der Waals surface area contributed by atoms with Crippen molar-refractivity contribution in [3.8, 4) is 5.75 Å². The van der Waals surface area contributed by atoms with E-state index in [9.17, 15) is 0 Å². The van der Waals surface area contributed by atoms with E-state index in [1.54, 1.807) is 0 Å². The fourth-order valence-electron chi connectivity index (χ4n) is 2.59. The monoisotopic (exact) mass is 263 g/mol. The summed E-state index contributed by atoms with van der Waals surface area (Å²) in [6.07, 6.45) is 7.94. The molecule has 0 aliphatic heterocycles. The fraction of sp³-hybridized carbons (Fsp3) is 0.625. The second-order valence-corrected chi connectivity index (χ2v) is 5.72. The van der Waals surface area contributed by atoms with Crippen LogP contribution in [-0.4, -0.2) is 12.1 Å². The second kappa shape index (κ2) is 6.92. The molecule has 0 bridgehead atoms. The van der Waals surface area contributed by atoms with Gasteiger partial charge in [-0.05, 0) is 56.8 Å². The van der Waals surface area contributed by atoms with Crippen molar-refractivity contribution < 1.29 is 9.78 Å². The highest BCUT2D eigenvalue weighted by Crippen LogP contribution is 2.31. The van der Waals surface area contributed by atoms with Gasteiger partial charge in [0.15, 0.2) is 5.75 Å². The molecule has 106 valence electrons. The van der Waals surface area contributed by atoms with Crippen molar-refractivity contribution in [2.24, 2.45) is 5.73 Å². The van der Waals surface area contributed by atoms with Crippen LogP contribution in [0.5, 0.6) is 5.75 Å². The van der Waals surface area contributed by atoms with Gasteiger partial charge >= 0.3 is 0 Å². The van der Waals surface area contributed by atoms with Crippen LogP contribution in [0.2, 0.25) is 0 Å². The number of aryl methyl sites for hydroxylation is 1. The quantitative estimate of drug-likeness (QED) is 0.630. The minimum absolute atomic E-state index is 0.120. The Balaban J connectivity index is 1.88. The highest BCUT2D eigenvalue weighted by atomic mass is 17.2. The van der Waals surface area contributed by atoms with Crippen molar-refractivity contribution in [2.75, 3.05) is 6.54 Å². The summed E-state index contributed by atoms with van der Waals surface area (Å²) in [5, 5.41) is 0. The fourth-order valence-corrected chi connectivity index (χ4v) is 2.59. The summed E-state index contributed by atoms with van der Waals surface area (Å²) in [4.78, 5) is 11.2. The van der Waals surface area contributed by atoms with E-state index in [2.05, 4.69) is 13.0 Å². The van der Waals surface area contributed by atoms with Crippen molar-refractivity contribution >= 4 is 0 Å². The van der Waals surface area contributed by atoms with Crippen LogP contribution in [-0.2, 0) is 11.3 Å². The van der Waals surface area contributed by atoms with E-state index in [0.717, 1.165) is 38.0 Å². The first kappa shape index (κ1) is 14.4. The Morgan fingerprint density at radius 2 is 2.00 bits per heavy atom. The molecule has 1 aliphatic carbocycles. The van der Waals surface area contributed by atoms with E-state index in [1.807, 2.05) is 18.2 Å². The molecule has 0 atom stereocenters. The third kappa shape index (κ3) is 4.51. The predicted octanol–water partition coefficient (Wildman–Crippen LogP) is 3.61. The van der Waals surface area contributed by atoms with Crippen LogP contribution < -0.4 is 10.6 Å². The first-order valence-corrected chi connectivity index (χ1v) is 7.37. The molecule has 19 heavy (non-hydrogen) atoms. The van der Waals surface area contributed by atoms with Crippen LogP contribution in [0.3, 0.4) is 0 Å². The van der Waals surface area contributed by atoms with Crippen LogP contribution in [0.15, 0.2) is 24.3 Å². The Kier molecular flexibility index (Phi) is 5.23. The van der Waals surface area contributed by atoms with Crippen LogP contribution in [0, 0.1) is 0 Å². The molecule has 1 aromatic carbocycles. The Morgan fingerprint density at radius 3 is 2.74 bits per heavy atom. The van der Waals surface area contributed by atoms with Crippen LogP contribution in [0.25, 0.3) is 0 Å². The van der Waals surface area contributed by atoms with E-state index in [4.69, 9.17) is 15.5 Å². The van der Waals surface area contributed by atoms with E-state index in [-0.39, 0.29) is 5.60 Å². The Hall–Kier alpha value is -1.06. The number of benzene rings is 1. The van der Waals surface area contributed by atoms with Gasteiger partial charge in [0.25, 0.3) is 0 Å². The molecule has 1 saturated carbocycles. The van der Waals surface area contributed by atoms with E-state index in [0.29, 0.717) is 0 Å². The summed E-state index contributed by atoms with van der Waals surface area (Å²) in [6, 6.07) is 8.10. The number of hydrogen-bond acceptors (Lipinski definition) is 3. The predicted molar refractivity (Wildman–Crippen MR) is 77.0 cm³/mol. The molecular formula is C16H25NO2. The van der Waals surface area contributed by atoms with Crippen molar-refractivity contribution in [1.29, 1.82) is 0 Å². The zero-order valence-corrected chi connectivity index (χ0v) is 11.9. The van der Waals surface area contributed by atoms with Crippen LogP contribution >= 0.6 is 0 Å². The smallest absolute Gasteiger partial charge is 0.165 e. The molecular weight excluding hydrogens is 238 g/mol. The van der Waals surface area contributed by atoms with Crippen molar-refractivity contribution in [1.82, 2.24) is 0 Å². The zero-order chi connectivity index (χ0) is 13.6. The average Bonchev–Trinajstić information content (AvgIpc) is 2.44. The number of hydrogen-bond donors (Lipinski definition) is 1. The van der Waals surface area contributed by atoms with Gasteiger partial charge in [0.1, 0.15) is 5.60 Å². The highest BCUT2D eigenvalue weighted by molar-refractivity contribution is 5.28. The van der Waals surface area contributed by atoms with E-state index < -0.39 is 0 Å². The van der Waals surface area contributed by atoms with Crippen LogP contribution in [0.4, 0.5) is 0 Å². The highest BCUT2D eigenvalue weighted by Gasteiger charge is 2.29. The number of nitrogens with two attached hydrogens (primary N) is 1. The van der Waals surface area contributed by atoms with Gasteiger partial charge in [-0.15, -0.1) is 0 Å². The SMILES string of the molecule is CC1(OOc2cccc(CCCN)c2)CCCCC1. The normalized spacial score (nSPS) is 18.2. The van der Waals surface area contributed by atoms with Crippen molar-refractivity contribution in [3.63, 3.8) is 0 Å². The topological polar surface area (TPSA) is 44.5 Å². The lowest BCUT2D eigenvalue weighted by atomic mass is 9.87. The van der Waals surface area contributed by atoms with Gasteiger partial charge in [0, 0.05) is 0 Å². The summed E-state index contributed by atoms with van der Waals surface area (Å²) >= 11 is 0. The lowest BCUT2D eigenvalue weighted by Crippen LogP contribution is -2.32. The minimum atomic E-state index is -0.120. The van der Waals surface area contributed by atoms with Crippen molar-refractivity contribution in [2.45, 2.75) is 57.5 Å². The standard InChI is InChI=1S/C16H25NO2/c1-16(10-3-2-4-11-16)19-18-15-9-5-7-14(13-15)8-6-12-17/h5,7,9,13H,2-4,6,8,10-12,17H2,1H3. The summed E-state index contributed by atoms with van der Waals surface area (Å²) in [5.41, 5.74) is 6.66. The maximum atomic E-state index is 5.69. The molecule has 2 N–H and O–H groups in total. The maximum absolute atomic E-state index is 5.69. The van der Waals surface area contributed by atoms with Gasteiger partial charge in [-0.2, -0.15) is 4.89 Å². The molecule has 1 aliphatic rings. The van der Waals surface area contributed by atoms with Gasteiger partial charge in [0.05, 0.1) is 0 Å². The molecule has 0 saturated heterocycles. The van der Waals surface area contributed by atoms with Gasteiger partial charge in [-0.25, -0.2) is 0 Å². The molecule has 0 radical (unpaired) electrons. The first-order chi connectivity index (χ1) is 9.22. The molecule has 3 nitrogen and oxygen atoms in total. The third-order valence-corrected chi connectivity index (χ3v) is 3.82. The summed E-state index contributed by atoms with van der Waals surface area (Å²) < 4.78 is 0. The molecule has 1 fully saturated rings. The minimum Gasteiger partial charge on any atom is -0.337 e. The molecule has 1 aromatic rings. The molecule has 0 heterocycles. The van der Waals surface area contributed by atoms with E-state index in [1.165, 1.54) is 24.8 Å². The summed E-state index contributed by atoms with van der Waals surface area (Å²) in [6.45, 7) is 2.87. The third-order valence-electron chi connectivity index (χ3n) is 3.82. The van der Waals surface area contributed by atoms with Gasteiger partial charge in [-0.3, -0.25) is 0 Å². The van der Waals surface area contributed by atoms with Gasteiger partial charge in [0.2, 0.25) is 0 Å². The Bertz CT molecular complexity index is 386. The Morgan fingerprint density at radius 1 is 1.21 bits per heavy atom. The molecule has 0 aromatic heterocycles. The summed E-state index contributed by atoms with van der Waals surface area (Å²) in [7, 11) is 0.